The molecule has 32 heavy (non-hydrogen) atoms. The fraction of sp³-hybridized carbons (Fsp3) is 0.167. The average Bonchev–Trinajstić information content (AvgIpc) is 2.80. The smallest absolute Gasteiger partial charge is 0.338 e. The van der Waals surface area contributed by atoms with Crippen molar-refractivity contribution in [3.8, 4) is 29.2 Å². The topological polar surface area (TPSA) is 94.3 Å². The molecule has 162 valence electrons. The normalized spacial score (nSPS) is 10.9. The molecule has 0 amide bonds. The minimum Gasteiger partial charge on any atom is -0.465 e. The minimum atomic E-state index is -0.509. The Kier molecular flexibility index (Phi) is 7.47. The van der Waals surface area contributed by atoms with Crippen molar-refractivity contribution in [1.29, 1.82) is 5.26 Å². The minimum absolute atomic E-state index is 0.231. The summed E-state index contributed by atoms with van der Waals surface area (Å²) in [6.07, 6.45) is 3.51. The van der Waals surface area contributed by atoms with Crippen molar-refractivity contribution in [3.05, 3.63) is 71.6 Å². The summed E-state index contributed by atoms with van der Waals surface area (Å²) in [6, 6.07) is 16.0. The van der Waals surface area contributed by atoms with E-state index in [-0.39, 0.29) is 5.88 Å². The molecule has 2 aromatic carbocycles. The van der Waals surface area contributed by atoms with Crippen molar-refractivity contribution in [3.63, 3.8) is 0 Å². The number of hydrogen-bond acceptors (Lipinski definition) is 8. The first-order chi connectivity index (χ1) is 15.5. The fourth-order valence-corrected chi connectivity index (χ4v) is 3.56. The summed E-state index contributed by atoms with van der Waals surface area (Å²) < 4.78 is 16.9. The third-order valence-electron chi connectivity index (χ3n) is 4.37. The molecular weight excluding hydrogens is 426 g/mol. The molecule has 0 fully saturated rings. The molecule has 0 aliphatic heterocycles. The third kappa shape index (κ3) is 5.07. The number of esters is 1. The first kappa shape index (κ1) is 22.8. The zero-order valence-corrected chi connectivity index (χ0v) is 18.9. The van der Waals surface area contributed by atoms with E-state index in [4.69, 9.17) is 14.2 Å². The Labute approximate surface area is 190 Å². The zero-order valence-electron chi connectivity index (χ0n) is 18.1. The average molecular weight is 448 g/mol. The second-order valence-corrected chi connectivity index (χ2v) is 7.24. The summed E-state index contributed by atoms with van der Waals surface area (Å²) in [5, 5.41) is 9.88. The van der Waals surface area contributed by atoms with Crippen LogP contribution < -0.4 is 9.47 Å². The molecule has 0 spiro atoms. The van der Waals surface area contributed by atoms with Gasteiger partial charge in [-0.25, -0.2) is 9.78 Å². The van der Waals surface area contributed by atoms with Gasteiger partial charge in [-0.1, -0.05) is 24.3 Å². The molecule has 8 heteroatoms. The van der Waals surface area contributed by atoms with E-state index in [9.17, 15) is 10.1 Å². The highest BCUT2D eigenvalue weighted by molar-refractivity contribution is 7.98. The molecule has 0 unspecified atom stereocenters. The van der Waals surface area contributed by atoms with E-state index >= 15 is 0 Å². The molecule has 0 bridgehead atoms. The van der Waals surface area contributed by atoms with Gasteiger partial charge in [0.1, 0.15) is 34.2 Å². The number of carbonyl (C=O) groups is 1. The number of carbonyl (C=O) groups excluding carboxylic acids is 1. The van der Waals surface area contributed by atoms with Gasteiger partial charge in [-0.3, -0.25) is 0 Å². The number of hydrogen-bond donors (Lipinski definition) is 0. The number of nitrogens with zero attached hydrogens (tertiary/aromatic N) is 3. The third-order valence-corrected chi connectivity index (χ3v) is 5.05. The van der Waals surface area contributed by atoms with E-state index < -0.39 is 5.97 Å². The van der Waals surface area contributed by atoms with E-state index in [0.717, 1.165) is 0 Å². The Hall–Kier alpha value is -3.83. The first-order valence-corrected chi connectivity index (χ1v) is 10.9. The van der Waals surface area contributed by atoms with Gasteiger partial charge >= 0.3 is 5.97 Å². The molecule has 7 nitrogen and oxygen atoms in total. The number of para-hydroxylation sites is 1. The van der Waals surface area contributed by atoms with Gasteiger partial charge in [-0.2, -0.15) is 10.2 Å². The van der Waals surface area contributed by atoms with Gasteiger partial charge in [-0.15, -0.1) is 11.8 Å². The maximum absolute atomic E-state index is 12.4. The summed E-state index contributed by atoms with van der Waals surface area (Å²) in [5.74, 6) is 1.60. The predicted molar refractivity (Wildman–Crippen MR) is 122 cm³/mol. The molecule has 0 saturated heterocycles. The lowest BCUT2D eigenvalue weighted by molar-refractivity contribution is -0.133. The van der Waals surface area contributed by atoms with Crippen LogP contribution in [0.5, 0.6) is 23.1 Å². The molecule has 0 atom stereocenters. The van der Waals surface area contributed by atoms with Gasteiger partial charge in [0.2, 0.25) is 5.88 Å². The molecule has 3 rings (SSSR count). The van der Waals surface area contributed by atoms with E-state index in [2.05, 4.69) is 16.0 Å². The van der Waals surface area contributed by atoms with Crippen LogP contribution in [0.3, 0.4) is 0 Å². The molecule has 1 heterocycles. The lowest BCUT2D eigenvalue weighted by Gasteiger charge is -2.15. The number of nitriles is 1. The number of allylic oxidation sites excluding steroid dienone is 1. The largest absolute Gasteiger partial charge is 0.465 e. The predicted octanol–water partition coefficient (Wildman–Crippen LogP) is 5.54. The molecule has 0 N–H and O–H groups in total. The summed E-state index contributed by atoms with van der Waals surface area (Å²) >= 11 is 1.38. The first-order valence-electron chi connectivity index (χ1n) is 9.63. The summed E-state index contributed by atoms with van der Waals surface area (Å²) in [6.45, 7) is 3.49. The van der Waals surface area contributed by atoms with Crippen molar-refractivity contribution in [2.75, 3.05) is 13.4 Å². The molecule has 0 radical (unpaired) electrons. The Balaban J connectivity index is 2.01. The van der Waals surface area contributed by atoms with Gasteiger partial charge in [0.05, 0.1) is 23.8 Å². The van der Waals surface area contributed by atoms with Crippen LogP contribution in [-0.2, 0) is 9.53 Å². The van der Waals surface area contributed by atoms with Crippen LogP contribution in [-0.4, -0.2) is 29.3 Å². The van der Waals surface area contributed by atoms with Crippen LogP contribution in [0.1, 0.15) is 23.9 Å². The number of thioether (sulfide) groups is 1. The highest BCUT2D eigenvalue weighted by atomic mass is 32.2. The Morgan fingerprint density at radius 3 is 2.47 bits per heavy atom. The Morgan fingerprint density at radius 1 is 1.09 bits per heavy atom. The van der Waals surface area contributed by atoms with Gasteiger partial charge < -0.3 is 14.2 Å². The molecule has 0 aliphatic carbocycles. The highest BCUT2D eigenvalue weighted by Crippen LogP contribution is 2.36. The van der Waals surface area contributed by atoms with E-state index in [1.165, 1.54) is 18.9 Å². The van der Waals surface area contributed by atoms with Crippen molar-refractivity contribution in [2.45, 2.75) is 18.9 Å². The van der Waals surface area contributed by atoms with Crippen LogP contribution in [0, 0.1) is 18.3 Å². The lowest BCUT2D eigenvalue weighted by atomic mass is 10.1. The highest BCUT2D eigenvalue weighted by Gasteiger charge is 2.24. The lowest BCUT2D eigenvalue weighted by Crippen LogP contribution is -2.09. The Bertz CT molecular complexity index is 1220. The molecule has 3 aromatic rings. The quantitative estimate of drug-likeness (QED) is 0.202. The van der Waals surface area contributed by atoms with Gasteiger partial charge in [0.25, 0.3) is 0 Å². The number of methoxy groups -OCH3 is 1. The van der Waals surface area contributed by atoms with E-state index in [0.29, 0.717) is 44.8 Å². The second kappa shape index (κ2) is 10.5. The number of rotatable bonds is 7. The summed E-state index contributed by atoms with van der Waals surface area (Å²) in [5.41, 5.74) is 1.19. The maximum Gasteiger partial charge on any atom is 0.338 e. The number of aromatic nitrogens is 2. The standard InChI is InChI=1S/C24H21N3O4S/c1-5-19(24(28)29-3)21-22(26-15(2)27-23(21)32-4)31-18-11-8-10-17(13-18)30-20-12-7-6-9-16(20)14-25/h5-13H,1-4H3. The van der Waals surface area contributed by atoms with Crippen molar-refractivity contribution < 1.29 is 19.0 Å². The van der Waals surface area contributed by atoms with Gasteiger partial charge in [0.15, 0.2) is 0 Å². The monoisotopic (exact) mass is 447 g/mol. The molecule has 0 saturated carbocycles. The molecule has 0 aliphatic rings. The zero-order chi connectivity index (χ0) is 23.1. The van der Waals surface area contributed by atoms with Crippen LogP contribution in [0.4, 0.5) is 0 Å². The van der Waals surface area contributed by atoms with E-state index in [1.54, 1.807) is 68.5 Å². The second-order valence-electron chi connectivity index (χ2n) is 6.44. The molecular formula is C24H21N3O4S. The number of aryl methyl sites for hydroxylation is 1. The van der Waals surface area contributed by atoms with Crippen LogP contribution in [0.25, 0.3) is 5.57 Å². The van der Waals surface area contributed by atoms with E-state index in [1.807, 2.05) is 6.26 Å². The SMILES string of the molecule is CC=C(C(=O)OC)c1c(Oc2cccc(Oc3ccccc3C#N)c2)nc(C)nc1SC. The molecule has 1 aromatic heterocycles. The van der Waals surface area contributed by atoms with Crippen molar-refractivity contribution in [2.24, 2.45) is 0 Å². The summed E-state index contributed by atoms with van der Waals surface area (Å²) in [7, 11) is 1.32. The van der Waals surface area contributed by atoms with Gasteiger partial charge in [0, 0.05) is 6.07 Å². The number of ether oxygens (including phenoxy) is 3. The Morgan fingerprint density at radius 2 is 1.81 bits per heavy atom. The van der Waals surface area contributed by atoms with Gasteiger partial charge in [-0.05, 0) is 44.4 Å². The van der Waals surface area contributed by atoms with Crippen LogP contribution >= 0.6 is 11.8 Å². The maximum atomic E-state index is 12.4. The number of benzene rings is 2. The van der Waals surface area contributed by atoms with Crippen LogP contribution in [0.2, 0.25) is 0 Å². The van der Waals surface area contributed by atoms with Crippen LogP contribution in [0.15, 0.2) is 59.6 Å². The summed E-state index contributed by atoms with van der Waals surface area (Å²) in [4.78, 5) is 21.2. The fourth-order valence-electron chi connectivity index (χ4n) is 2.94. The van der Waals surface area contributed by atoms with Crippen molar-refractivity contribution >= 4 is 23.3 Å². The van der Waals surface area contributed by atoms with Crippen molar-refractivity contribution in [1.82, 2.24) is 9.97 Å².